The molecule has 1 amide bonds. The molecule has 0 fully saturated rings. The monoisotopic (exact) mass is 608 g/mol. The van der Waals surface area contributed by atoms with E-state index in [1.54, 1.807) is 13.1 Å². The van der Waals surface area contributed by atoms with E-state index in [-0.39, 0.29) is 12.0 Å². The van der Waals surface area contributed by atoms with Crippen LogP contribution in [0.4, 0.5) is 10.5 Å². The molecule has 44 heavy (non-hydrogen) atoms. The predicted octanol–water partition coefficient (Wildman–Crippen LogP) is 4.61. The molecule has 3 aromatic rings. The molecule has 0 saturated carbocycles. The summed E-state index contributed by atoms with van der Waals surface area (Å²) in [6, 6.07) is 24.0. The Hall–Kier alpha value is -3.67. The maximum atomic E-state index is 12.6. The molecule has 0 heterocycles. The SMILES string of the molecule is CN(CCOCCOCCOCCOCCOCCOc1ccccc1N)C(=O)OCC1c2ccccc2-c2ccccc21. The standard InChI is InChI=1S/C34H44N2O8/c1-36(34(37)44-26-31-29-10-4-2-8-27(29)28-9-3-5-11-30(28)31)14-15-38-16-17-39-18-19-40-20-21-41-22-23-42-24-25-43-33-13-7-6-12-32(33)35/h2-13,31H,14-26,35H2,1H3. The van der Waals surface area contributed by atoms with Gasteiger partial charge in [0.1, 0.15) is 19.0 Å². The second kappa shape index (κ2) is 18.9. The molecule has 0 unspecified atom stereocenters. The highest BCUT2D eigenvalue weighted by molar-refractivity contribution is 5.79. The van der Waals surface area contributed by atoms with Crippen molar-refractivity contribution in [2.24, 2.45) is 0 Å². The minimum absolute atomic E-state index is 0.0435. The van der Waals surface area contributed by atoms with Crippen LogP contribution in [-0.4, -0.2) is 104 Å². The third-order valence-corrected chi connectivity index (χ3v) is 7.11. The largest absolute Gasteiger partial charge is 0.489 e. The van der Waals surface area contributed by atoms with Gasteiger partial charge in [-0.25, -0.2) is 4.79 Å². The molecule has 1 aliphatic carbocycles. The Kier molecular flexibility index (Phi) is 14.3. The number of nitrogens with two attached hydrogens (primary N) is 1. The van der Waals surface area contributed by atoms with Crippen LogP contribution in [0, 0.1) is 0 Å². The van der Waals surface area contributed by atoms with E-state index in [0.29, 0.717) is 97.3 Å². The first-order chi connectivity index (χ1) is 21.6. The number of likely N-dealkylation sites (N-methyl/N-ethyl adjacent to an activating group) is 1. The lowest BCUT2D eigenvalue weighted by Gasteiger charge is -2.19. The number of rotatable bonds is 21. The van der Waals surface area contributed by atoms with Crippen LogP contribution >= 0.6 is 0 Å². The molecule has 1 aliphatic rings. The van der Waals surface area contributed by atoms with Gasteiger partial charge in [0.2, 0.25) is 0 Å². The summed E-state index contributed by atoms with van der Waals surface area (Å²) in [5, 5.41) is 0. The number of carbonyl (C=O) groups is 1. The molecular formula is C34H44N2O8. The van der Waals surface area contributed by atoms with Crippen LogP contribution in [0.3, 0.4) is 0 Å². The number of hydrogen-bond donors (Lipinski definition) is 1. The highest BCUT2D eigenvalue weighted by Gasteiger charge is 2.29. The zero-order chi connectivity index (χ0) is 30.8. The van der Waals surface area contributed by atoms with Crippen LogP contribution < -0.4 is 10.5 Å². The molecule has 3 aromatic carbocycles. The number of benzene rings is 3. The minimum atomic E-state index is -0.361. The van der Waals surface area contributed by atoms with Crippen molar-refractivity contribution < 1.29 is 38.0 Å². The number of hydrogen-bond acceptors (Lipinski definition) is 9. The third kappa shape index (κ3) is 10.5. The zero-order valence-corrected chi connectivity index (χ0v) is 25.5. The molecule has 238 valence electrons. The topological polar surface area (TPSA) is 111 Å². The highest BCUT2D eigenvalue weighted by Crippen LogP contribution is 2.44. The van der Waals surface area contributed by atoms with Crippen molar-refractivity contribution in [3.63, 3.8) is 0 Å². The van der Waals surface area contributed by atoms with Crippen molar-refractivity contribution >= 4 is 11.8 Å². The van der Waals surface area contributed by atoms with Crippen molar-refractivity contribution in [1.82, 2.24) is 4.90 Å². The Labute approximate surface area is 259 Å². The summed E-state index contributed by atoms with van der Waals surface area (Å²) in [4.78, 5) is 14.1. The lowest BCUT2D eigenvalue weighted by molar-refractivity contribution is -0.0135. The first-order valence-electron chi connectivity index (χ1n) is 15.1. The number of ether oxygens (including phenoxy) is 7. The van der Waals surface area contributed by atoms with Gasteiger partial charge in [0.25, 0.3) is 0 Å². The summed E-state index contributed by atoms with van der Waals surface area (Å²) in [5.74, 6) is 0.708. The summed E-state index contributed by atoms with van der Waals surface area (Å²) < 4.78 is 38.8. The second-order valence-electron chi connectivity index (χ2n) is 10.2. The minimum Gasteiger partial charge on any atom is -0.489 e. The molecule has 10 nitrogen and oxygen atoms in total. The van der Waals surface area contributed by atoms with Crippen LogP contribution in [0.5, 0.6) is 5.75 Å². The maximum absolute atomic E-state index is 12.6. The van der Waals surface area contributed by atoms with Crippen molar-refractivity contribution in [2.45, 2.75) is 5.92 Å². The van der Waals surface area contributed by atoms with Crippen molar-refractivity contribution in [1.29, 1.82) is 0 Å². The van der Waals surface area contributed by atoms with Gasteiger partial charge < -0.3 is 43.8 Å². The van der Waals surface area contributed by atoms with Crippen molar-refractivity contribution in [2.75, 3.05) is 98.6 Å². The van der Waals surface area contributed by atoms with Crippen LogP contribution in [-0.2, 0) is 28.4 Å². The quantitative estimate of drug-likeness (QED) is 0.137. The fourth-order valence-electron chi connectivity index (χ4n) is 4.80. The Balaban J connectivity index is 0.917. The van der Waals surface area contributed by atoms with Gasteiger partial charge in [-0.2, -0.15) is 0 Å². The van der Waals surface area contributed by atoms with Crippen molar-refractivity contribution in [3.05, 3.63) is 83.9 Å². The lowest BCUT2D eigenvalue weighted by atomic mass is 9.98. The number of para-hydroxylation sites is 2. The fourth-order valence-corrected chi connectivity index (χ4v) is 4.80. The smallest absolute Gasteiger partial charge is 0.409 e. The molecule has 0 saturated heterocycles. The van der Waals surface area contributed by atoms with Gasteiger partial charge in [-0.15, -0.1) is 0 Å². The molecule has 0 radical (unpaired) electrons. The van der Waals surface area contributed by atoms with E-state index >= 15 is 0 Å². The van der Waals surface area contributed by atoms with Gasteiger partial charge in [-0.05, 0) is 34.4 Å². The molecule has 10 heteroatoms. The highest BCUT2D eigenvalue weighted by atomic mass is 16.6. The molecule has 0 atom stereocenters. The molecule has 4 rings (SSSR count). The van der Waals surface area contributed by atoms with E-state index in [1.165, 1.54) is 27.2 Å². The Morgan fingerprint density at radius 2 is 1.09 bits per heavy atom. The Bertz CT molecular complexity index is 1230. The van der Waals surface area contributed by atoms with Gasteiger partial charge in [-0.1, -0.05) is 60.7 Å². The van der Waals surface area contributed by atoms with E-state index in [9.17, 15) is 4.79 Å². The van der Waals surface area contributed by atoms with Crippen molar-refractivity contribution in [3.8, 4) is 16.9 Å². The predicted molar refractivity (Wildman–Crippen MR) is 168 cm³/mol. The normalized spacial score (nSPS) is 12.1. The number of amides is 1. The summed E-state index contributed by atoms with van der Waals surface area (Å²) in [6.07, 6.45) is -0.361. The van der Waals surface area contributed by atoms with Gasteiger partial charge in [0.05, 0.1) is 71.8 Å². The molecular weight excluding hydrogens is 564 g/mol. The second-order valence-corrected chi connectivity index (χ2v) is 10.2. The van der Waals surface area contributed by atoms with Crippen LogP contribution in [0.1, 0.15) is 17.0 Å². The summed E-state index contributed by atoms with van der Waals surface area (Å²) >= 11 is 0. The van der Waals surface area contributed by atoms with Gasteiger partial charge in [-0.3, -0.25) is 0 Å². The number of fused-ring (bicyclic) bond motifs is 3. The average molecular weight is 609 g/mol. The van der Waals surface area contributed by atoms with Gasteiger partial charge in [0.15, 0.2) is 0 Å². The van der Waals surface area contributed by atoms with Crippen LogP contribution in [0.2, 0.25) is 0 Å². The summed E-state index contributed by atoms with van der Waals surface area (Å²) in [5.41, 5.74) is 11.2. The first kappa shape index (κ1) is 33.2. The van der Waals surface area contributed by atoms with E-state index in [2.05, 4.69) is 24.3 Å². The number of nitrogens with zero attached hydrogens (tertiary/aromatic N) is 1. The molecule has 0 bridgehead atoms. The average Bonchev–Trinajstić information content (AvgIpc) is 3.37. The zero-order valence-electron chi connectivity index (χ0n) is 25.5. The molecule has 0 aliphatic heterocycles. The van der Waals surface area contributed by atoms with E-state index in [1.807, 2.05) is 42.5 Å². The lowest BCUT2D eigenvalue weighted by Crippen LogP contribution is -2.32. The maximum Gasteiger partial charge on any atom is 0.409 e. The third-order valence-electron chi connectivity index (χ3n) is 7.11. The Morgan fingerprint density at radius 3 is 1.64 bits per heavy atom. The number of carbonyl (C=O) groups excluding carboxylic acids is 1. The van der Waals surface area contributed by atoms with E-state index < -0.39 is 0 Å². The van der Waals surface area contributed by atoms with Crippen LogP contribution in [0.15, 0.2) is 72.8 Å². The molecule has 0 spiro atoms. The molecule has 0 aromatic heterocycles. The fraction of sp³-hybridized carbons (Fsp3) is 0.441. The summed E-state index contributed by atoms with van der Waals surface area (Å²) in [7, 11) is 1.71. The Morgan fingerprint density at radius 1 is 0.636 bits per heavy atom. The molecule has 2 N–H and O–H groups in total. The summed E-state index contributed by atoms with van der Waals surface area (Å²) in [6.45, 7) is 5.80. The van der Waals surface area contributed by atoms with Gasteiger partial charge in [0, 0.05) is 19.5 Å². The van der Waals surface area contributed by atoms with Gasteiger partial charge >= 0.3 is 6.09 Å². The van der Waals surface area contributed by atoms with E-state index in [0.717, 1.165) is 0 Å². The number of anilines is 1. The number of nitrogen functional groups attached to an aromatic ring is 1. The first-order valence-corrected chi connectivity index (χ1v) is 15.1. The van der Waals surface area contributed by atoms with E-state index in [4.69, 9.17) is 38.9 Å². The van der Waals surface area contributed by atoms with Crippen LogP contribution in [0.25, 0.3) is 11.1 Å².